The fourth-order valence-corrected chi connectivity index (χ4v) is 3.94. The van der Waals surface area contributed by atoms with Crippen molar-refractivity contribution in [1.82, 2.24) is 15.1 Å². The minimum Gasteiger partial charge on any atom is -0.309 e. The average molecular weight is 367 g/mol. The van der Waals surface area contributed by atoms with Crippen LogP contribution in [0.15, 0.2) is 42.5 Å². The molecule has 0 saturated heterocycles. The van der Waals surface area contributed by atoms with E-state index in [-0.39, 0.29) is 5.69 Å². The van der Waals surface area contributed by atoms with Gasteiger partial charge in [-0.15, -0.1) is 0 Å². The topological polar surface area (TPSA) is 29.9 Å². The number of halogens is 2. The van der Waals surface area contributed by atoms with Crippen LogP contribution in [0.3, 0.4) is 0 Å². The molecule has 1 atom stereocenters. The van der Waals surface area contributed by atoms with Crippen LogP contribution in [-0.2, 0) is 19.4 Å². The summed E-state index contributed by atoms with van der Waals surface area (Å²) in [7, 11) is 0. The zero-order valence-corrected chi connectivity index (χ0v) is 15.6. The summed E-state index contributed by atoms with van der Waals surface area (Å²) in [5, 5.41) is 8.13. The van der Waals surface area contributed by atoms with E-state index in [0.29, 0.717) is 12.6 Å². The van der Waals surface area contributed by atoms with Crippen molar-refractivity contribution in [2.75, 3.05) is 0 Å². The van der Waals surface area contributed by atoms with E-state index in [2.05, 4.69) is 34.7 Å². The van der Waals surface area contributed by atoms with E-state index in [1.165, 1.54) is 23.3 Å². The number of nitrogens with zero attached hydrogens (tertiary/aromatic N) is 2. The van der Waals surface area contributed by atoms with Crippen molar-refractivity contribution in [3.63, 3.8) is 0 Å². The van der Waals surface area contributed by atoms with Gasteiger partial charge in [0.05, 0.1) is 5.69 Å². The van der Waals surface area contributed by atoms with Gasteiger partial charge in [0.25, 0.3) is 0 Å². The van der Waals surface area contributed by atoms with E-state index in [1.54, 1.807) is 4.68 Å². The molecule has 140 valence electrons. The quantitative estimate of drug-likeness (QED) is 0.740. The zero-order valence-electron chi connectivity index (χ0n) is 15.6. The van der Waals surface area contributed by atoms with Crippen LogP contribution >= 0.6 is 0 Å². The van der Waals surface area contributed by atoms with Gasteiger partial charge in [-0.2, -0.15) is 5.10 Å². The molecule has 1 aromatic heterocycles. The number of aromatic nitrogens is 2. The first-order chi connectivity index (χ1) is 13.0. The molecular formula is C22H23F2N3. The highest BCUT2D eigenvalue weighted by Gasteiger charge is 2.20. The number of hydrogen-bond acceptors (Lipinski definition) is 2. The Hall–Kier alpha value is -2.53. The SMILES string of the molecule is Cc1nn(-c2ccc(F)cc2F)c(C)c1CN[C@H]1CCc2ccccc2C1. The average Bonchev–Trinajstić information content (AvgIpc) is 2.93. The number of nitrogens with one attached hydrogen (secondary N) is 1. The van der Waals surface area contributed by atoms with Crippen molar-refractivity contribution in [3.05, 3.63) is 82.2 Å². The standard InChI is InChI=1S/C22H23F2N3/c1-14-20(13-25-19-9-7-16-5-3-4-6-17(16)11-19)15(2)27(26-14)22-10-8-18(23)12-21(22)24/h3-6,8,10,12,19,25H,7,9,11,13H2,1-2H3/t19-/m0/s1. The number of hydrogen-bond donors (Lipinski definition) is 1. The highest BCUT2D eigenvalue weighted by atomic mass is 19.1. The summed E-state index contributed by atoms with van der Waals surface area (Å²) in [6.45, 7) is 4.54. The molecule has 27 heavy (non-hydrogen) atoms. The van der Waals surface area contributed by atoms with E-state index < -0.39 is 11.6 Å². The van der Waals surface area contributed by atoms with Crippen molar-refractivity contribution >= 4 is 0 Å². The predicted molar refractivity (Wildman–Crippen MR) is 102 cm³/mol. The Kier molecular flexibility index (Phi) is 4.79. The fourth-order valence-electron chi connectivity index (χ4n) is 3.94. The van der Waals surface area contributed by atoms with Crippen molar-refractivity contribution in [1.29, 1.82) is 0 Å². The smallest absolute Gasteiger partial charge is 0.151 e. The Morgan fingerprint density at radius 1 is 1.11 bits per heavy atom. The molecule has 1 aliphatic rings. The van der Waals surface area contributed by atoms with E-state index >= 15 is 0 Å². The molecule has 4 rings (SSSR count). The second kappa shape index (κ2) is 7.24. The minimum atomic E-state index is -0.607. The largest absolute Gasteiger partial charge is 0.309 e. The molecule has 0 aliphatic heterocycles. The summed E-state index contributed by atoms with van der Waals surface area (Å²) < 4.78 is 28.9. The van der Waals surface area contributed by atoms with Crippen LogP contribution in [0.1, 0.15) is 34.5 Å². The van der Waals surface area contributed by atoms with Crippen molar-refractivity contribution < 1.29 is 8.78 Å². The molecule has 0 unspecified atom stereocenters. The highest BCUT2D eigenvalue weighted by Crippen LogP contribution is 2.23. The molecule has 0 fully saturated rings. The summed E-state index contributed by atoms with van der Waals surface area (Å²) in [6, 6.07) is 12.6. The summed E-state index contributed by atoms with van der Waals surface area (Å²) >= 11 is 0. The van der Waals surface area contributed by atoms with Gasteiger partial charge in [-0.05, 0) is 56.4 Å². The molecule has 3 aromatic rings. The normalized spacial score (nSPS) is 16.4. The van der Waals surface area contributed by atoms with Crippen molar-refractivity contribution in [3.8, 4) is 5.69 Å². The van der Waals surface area contributed by atoms with Gasteiger partial charge >= 0.3 is 0 Å². The number of benzene rings is 2. The lowest BCUT2D eigenvalue weighted by Crippen LogP contribution is -2.34. The maximum absolute atomic E-state index is 14.2. The minimum absolute atomic E-state index is 0.273. The predicted octanol–water partition coefficient (Wildman–Crippen LogP) is 4.41. The van der Waals surface area contributed by atoms with Gasteiger partial charge in [0.2, 0.25) is 0 Å². The first-order valence-corrected chi connectivity index (χ1v) is 9.33. The van der Waals surface area contributed by atoms with Crippen LogP contribution in [0.5, 0.6) is 0 Å². The third-order valence-electron chi connectivity index (χ3n) is 5.49. The van der Waals surface area contributed by atoms with Gasteiger partial charge in [-0.3, -0.25) is 0 Å². The third kappa shape index (κ3) is 3.52. The van der Waals surface area contributed by atoms with Crippen LogP contribution in [0.2, 0.25) is 0 Å². The number of fused-ring (bicyclic) bond motifs is 1. The fraction of sp³-hybridized carbons (Fsp3) is 0.318. The molecule has 1 aliphatic carbocycles. The summed E-state index contributed by atoms with van der Waals surface area (Å²) in [6.07, 6.45) is 3.22. The van der Waals surface area contributed by atoms with Crippen LogP contribution in [0.4, 0.5) is 8.78 Å². The molecule has 0 amide bonds. The van der Waals surface area contributed by atoms with Crippen molar-refractivity contribution in [2.24, 2.45) is 0 Å². The number of rotatable bonds is 4. The molecule has 0 saturated carbocycles. The molecule has 1 heterocycles. The maximum atomic E-state index is 14.2. The van der Waals surface area contributed by atoms with E-state index in [4.69, 9.17) is 0 Å². The lowest BCUT2D eigenvalue weighted by molar-refractivity contribution is 0.456. The van der Waals surface area contributed by atoms with E-state index in [1.807, 2.05) is 13.8 Å². The van der Waals surface area contributed by atoms with Gasteiger partial charge in [0.15, 0.2) is 5.82 Å². The Bertz CT molecular complexity index is 978. The molecule has 0 radical (unpaired) electrons. The summed E-state index contributed by atoms with van der Waals surface area (Å²) in [5.41, 5.74) is 5.94. The van der Waals surface area contributed by atoms with Crippen LogP contribution in [0.25, 0.3) is 5.69 Å². The molecule has 0 bridgehead atoms. The van der Waals surface area contributed by atoms with Crippen LogP contribution < -0.4 is 5.32 Å². The molecule has 0 spiro atoms. The lowest BCUT2D eigenvalue weighted by Gasteiger charge is -2.25. The molecule has 5 heteroatoms. The Balaban J connectivity index is 1.51. The van der Waals surface area contributed by atoms with Crippen LogP contribution in [-0.4, -0.2) is 15.8 Å². The molecule has 3 nitrogen and oxygen atoms in total. The molecular weight excluding hydrogens is 344 g/mol. The van der Waals surface area contributed by atoms with Gasteiger partial charge in [-0.25, -0.2) is 13.5 Å². The van der Waals surface area contributed by atoms with Gasteiger partial charge < -0.3 is 5.32 Å². The first kappa shape index (κ1) is 17.9. The zero-order chi connectivity index (χ0) is 19.0. The van der Waals surface area contributed by atoms with E-state index in [9.17, 15) is 8.78 Å². The highest BCUT2D eigenvalue weighted by molar-refractivity contribution is 5.38. The Morgan fingerprint density at radius 3 is 2.67 bits per heavy atom. The first-order valence-electron chi connectivity index (χ1n) is 9.33. The third-order valence-corrected chi connectivity index (χ3v) is 5.49. The Morgan fingerprint density at radius 2 is 1.89 bits per heavy atom. The van der Waals surface area contributed by atoms with Crippen molar-refractivity contribution in [2.45, 2.75) is 45.7 Å². The summed E-state index contributed by atoms with van der Waals surface area (Å²) in [5.74, 6) is -1.19. The summed E-state index contributed by atoms with van der Waals surface area (Å²) in [4.78, 5) is 0. The molecule has 2 aromatic carbocycles. The van der Waals surface area contributed by atoms with Gasteiger partial charge in [-0.1, -0.05) is 24.3 Å². The lowest BCUT2D eigenvalue weighted by atomic mass is 9.88. The van der Waals surface area contributed by atoms with E-state index in [0.717, 1.165) is 42.3 Å². The second-order valence-corrected chi connectivity index (χ2v) is 7.25. The molecule has 1 N–H and O–H groups in total. The van der Waals surface area contributed by atoms with Gasteiger partial charge in [0.1, 0.15) is 11.5 Å². The number of aryl methyl sites for hydroxylation is 2. The monoisotopic (exact) mass is 367 g/mol. The van der Waals surface area contributed by atoms with Gasteiger partial charge in [0, 0.05) is 29.9 Å². The van der Waals surface area contributed by atoms with Crippen LogP contribution in [0, 0.1) is 25.5 Å². The second-order valence-electron chi connectivity index (χ2n) is 7.25. The Labute approximate surface area is 158 Å². The maximum Gasteiger partial charge on any atom is 0.151 e.